The topological polar surface area (TPSA) is 66.6 Å². The van der Waals surface area contributed by atoms with Crippen LogP contribution in [-0.4, -0.2) is 35.0 Å². The highest BCUT2D eigenvalue weighted by Gasteiger charge is 2.29. The van der Waals surface area contributed by atoms with E-state index in [1.54, 1.807) is 17.0 Å². The van der Waals surface area contributed by atoms with Crippen molar-refractivity contribution >= 4 is 29.1 Å². The summed E-state index contributed by atoms with van der Waals surface area (Å²) in [6, 6.07) is 3.76. The highest BCUT2D eigenvalue weighted by Crippen LogP contribution is 2.27. The lowest BCUT2D eigenvalue weighted by atomic mass is 10.0. The molecule has 0 saturated carbocycles. The maximum absolute atomic E-state index is 12.1. The monoisotopic (exact) mass is 302 g/mol. The summed E-state index contributed by atoms with van der Waals surface area (Å²) >= 11 is 11.7. The van der Waals surface area contributed by atoms with Gasteiger partial charge in [-0.1, -0.05) is 29.3 Å². The highest BCUT2D eigenvalue weighted by molar-refractivity contribution is 6.42. The predicted octanol–water partition coefficient (Wildman–Crippen LogP) is 1.98. The predicted molar refractivity (Wildman–Crippen MR) is 75.2 cm³/mol. The maximum atomic E-state index is 12.1. The van der Waals surface area contributed by atoms with Crippen molar-refractivity contribution in [3.8, 4) is 0 Å². The third-order valence-electron chi connectivity index (χ3n) is 3.33. The van der Waals surface area contributed by atoms with Crippen molar-refractivity contribution in [2.45, 2.75) is 25.0 Å². The number of hydrogen-bond acceptors (Lipinski definition) is 3. The minimum Gasteiger partial charge on any atom is -0.386 e. The highest BCUT2D eigenvalue weighted by atomic mass is 35.5. The number of halogens is 2. The Balaban J connectivity index is 2.11. The summed E-state index contributed by atoms with van der Waals surface area (Å²) in [5.74, 6) is -0.226. The van der Waals surface area contributed by atoms with Crippen molar-refractivity contribution in [2.24, 2.45) is 5.73 Å². The van der Waals surface area contributed by atoms with E-state index in [2.05, 4.69) is 0 Å². The molecule has 1 unspecified atom stereocenters. The first-order valence-corrected chi connectivity index (χ1v) is 6.93. The van der Waals surface area contributed by atoms with Gasteiger partial charge >= 0.3 is 0 Å². The molecule has 2 atom stereocenters. The van der Waals surface area contributed by atoms with E-state index in [9.17, 15) is 9.90 Å². The van der Waals surface area contributed by atoms with Gasteiger partial charge in [0.05, 0.1) is 10.0 Å². The molecule has 19 heavy (non-hydrogen) atoms. The zero-order chi connectivity index (χ0) is 14.0. The number of likely N-dealkylation sites (tertiary alicyclic amines) is 1. The Morgan fingerprint density at radius 1 is 1.26 bits per heavy atom. The summed E-state index contributed by atoms with van der Waals surface area (Å²) in [6.07, 6.45) is 0.894. The molecule has 4 nitrogen and oxygen atoms in total. The molecular weight excluding hydrogens is 287 g/mol. The lowest BCUT2D eigenvalue weighted by molar-refractivity contribution is -0.134. The molecule has 104 valence electrons. The normalized spacial score (nSPS) is 18.4. The molecule has 0 spiro atoms. The molecule has 6 heteroatoms. The lowest BCUT2D eigenvalue weighted by Crippen LogP contribution is -2.45. The number of nitrogens with two attached hydrogens (primary N) is 1. The van der Waals surface area contributed by atoms with Crippen LogP contribution in [0.4, 0.5) is 0 Å². The third-order valence-corrected chi connectivity index (χ3v) is 4.07. The van der Waals surface area contributed by atoms with E-state index in [0.717, 1.165) is 12.8 Å². The average molecular weight is 303 g/mol. The van der Waals surface area contributed by atoms with Gasteiger partial charge < -0.3 is 15.7 Å². The van der Waals surface area contributed by atoms with Gasteiger partial charge in [-0.2, -0.15) is 0 Å². The first-order chi connectivity index (χ1) is 9.00. The Bertz CT molecular complexity index is 476. The minimum atomic E-state index is -1.08. The van der Waals surface area contributed by atoms with Crippen molar-refractivity contribution in [3.63, 3.8) is 0 Å². The van der Waals surface area contributed by atoms with E-state index in [4.69, 9.17) is 28.9 Å². The number of carbonyl (C=O) groups excluding carboxylic acids is 1. The molecule has 1 saturated heterocycles. The number of aliphatic hydroxyl groups is 1. The Kier molecular flexibility index (Phi) is 4.68. The molecular formula is C13H16Cl2N2O2. The van der Waals surface area contributed by atoms with Crippen LogP contribution in [0, 0.1) is 0 Å². The van der Waals surface area contributed by atoms with Crippen molar-refractivity contribution < 1.29 is 9.90 Å². The van der Waals surface area contributed by atoms with Crippen LogP contribution in [0.5, 0.6) is 0 Å². The summed E-state index contributed by atoms with van der Waals surface area (Å²) in [5, 5.41) is 10.9. The van der Waals surface area contributed by atoms with Crippen LogP contribution < -0.4 is 5.73 Å². The van der Waals surface area contributed by atoms with Crippen molar-refractivity contribution in [1.82, 2.24) is 4.90 Å². The third kappa shape index (κ3) is 3.20. The smallest absolute Gasteiger partial charge is 0.242 e. The molecule has 1 aromatic rings. The number of nitrogens with zero attached hydrogens (tertiary/aromatic N) is 1. The molecule has 1 fully saturated rings. The summed E-state index contributed by atoms with van der Waals surface area (Å²) in [5.41, 5.74) is 6.34. The Morgan fingerprint density at radius 2 is 1.89 bits per heavy atom. The van der Waals surface area contributed by atoms with Crippen molar-refractivity contribution in [2.75, 3.05) is 13.1 Å². The molecule has 1 amide bonds. The Morgan fingerprint density at radius 3 is 2.47 bits per heavy atom. The summed E-state index contributed by atoms with van der Waals surface area (Å²) in [7, 11) is 0. The van der Waals surface area contributed by atoms with Crippen LogP contribution >= 0.6 is 23.2 Å². The van der Waals surface area contributed by atoms with Gasteiger partial charge in [0, 0.05) is 13.1 Å². The Hall–Kier alpha value is -0.810. The number of rotatable bonds is 3. The molecule has 1 heterocycles. The van der Waals surface area contributed by atoms with E-state index in [0.29, 0.717) is 28.7 Å². The Labute approximate surface area is 122 Å². The van der Waals surface area contributed by atoms with Gasteiger partial charge in [-0.05, 0) is 30.5 Å². The van der Waals surface area contributed by atoms with Gasteiger partial charge in [-0.15, -0.1) is 0 Å². The zero-order valence-corrected chi connectivity index (χ0v) is 11.9. The molecule has 0 aliphatic carbocycles. The molecule has 0 aromatic heterocycles. The van der Waals surface area contributed by atoms with E-state index >= 15 is 0 Å². The second-order valence-electron chi connectivity index (χ2n) is 4.68. The first-order valence-electron chi connectivity index (χ1n) is 6.18. The van der Waals surface area contributed by atoms with Crippen LogP contribution in [-0.2, 0) is 4.79 Å². The van der Waals surface area contributed by atoms with E-state index < -0.39 is 12.1 Å². The SMILES string of the molecule is N[C@H](C(=O)N1CCCC1)C(O)c1ccc(Cl)c(Cl)c1. The summed E-state index contributed by atoms with van der Waals surface area (Å²) in [6.45, 7) is 1.42. The molecule has 3 N–H and O–H groups in total. The van der Waals surface area contributed by atoms with Gasteiger partial charge in [0.15, 0.2) is 0 Å². The van der Waals surface area contributed by atoms with Crippen LogP contribution in [0.1, 0.15) is 24.5 Å². The molecule has 2 rings (SSSR count). The largest absolute Gasteiger partial charge is 0.386 e. The van der Waals surface area contributed by atoms with Crippen LogP contribution in [0.3, 0.4) is 0 Å². The zero-order valence-electron chi connectivity index (χ0n) is 10.4. The van der Waals surface area contributed by atoms with E-state index in [-0.39, 0.29) is 5.91 Å². The number of amides is 1. The fraction of sp³-hybridized carbons (Fsp3) is 0.462. The van der Waals surface area contributed by atoms with Gasteiger partial charge in [-0.3, -0.25) is 4.79 Å². The van der Waals surface area contributed by atoms with E-state index in [1.165, 1.54) is 6.07 Å². The number of carbonyl (C=O) groups is 1. The van der Waals surface area contributed by atoms with E-state index in [1.807, 2.05) is 0 Å². The van der Waals surface area contributed by atoms with Gasteiger partial charge in [0.2, 0.25) is 5.91 Å². The molecule has 1 aliphatic rings. The van der Waals surface area contributed by atoms with Crippen LogP contribution in [0.2, 0.25) is 10.0 Å². The molecule has 0 radical (unpaired) electrons. The minimum absolute atomic E-state index is 0.226. The molecule has 1 aromatic carbocycles. The summed E-state index contributed by atoms with van der Waals surface area (Å²) < 4.78 is 0. The first kappa shape index (κ1) is 14.6. The summed E-state index contributed by atoms with van der Waals surface area (Å²) in [4.78, 5) is 13.8. The van der Waals surface area contributed by atoms with Crippen LogP contribution in [0.15, 0.2) is 18.2 Å². The number of hydrogen-bond donors (Lipinski definition) is 2. The number of aliphatic hydroxyl groups excluding tert-OH is 1. The van der Waals surface area contributed by atoms with Gasteiger partial charge in [-0.25, -0.2) is 0 Å². The quantitative estimate of drug-likeness (QED) is 0.897. The molecule has 1 aliphatic heterocycles. The van der Waals surface area contributed by atoms with Gasteiger partial charge in [0.25, 0.3) is 0 Å². The fourth-order valence-corrected chi connectivity index (χ4v) is 2.49. The maximum Gasteiger partial charge on any atom is 0.242 e. The van der Waals surface area contributed by atoms with Crippen molar-refractivity contribution in [3.05, 3.63) is 33.8 Å². The fourth-order valence-electron chi connectivity index (χ4n) is 2.19. The number of benzene rings is 1. The van der Waals surface area contributed by atoms with Crippen LogP contribution in [0.25, 0.3) is 0 Å². The van der Waals surface area contributed by atoms with Gasteiger partial charge in [0.1, 0.15) is 12.1 Å². The molecule has 0 bridgehead atoms. The second kappa shape index (κ2) is 6.09. The average Bonchev–Trinajstić information content (AvgIpc) is 2.93. The lowest BCUT2D eigenvalue weighted by Gasteiger charge is -2.24. The van der Waals surface area contributed by atoms with Crippen molar-refractivity contribution in [1.29, 1.82) is 0 Å². The standard InChI is InChI=1S/C13H16Cl2N2O2/c14-9-4-3-8(7-10(9)15)12(18)11(16)13(19)17-5-1-2-6-17/h3-4,7,11-12,18H,1-2,5-6,16H2/t11-,12?/m0/s1. The second-order valence-corrected chi connectivity index (χ2v) is 5.49.